The number of benzene rings is 3. The highest BCUT2D eigenvalue weighted by Gasteiger charge is 2.33. The van der Waals surface area contributed by atoms with Crippen LogP contribution in [0.25, 0.3) is 11.1 Å². The van der Waals surface area contributed by atoms with Crippen LogP contribution in [-0.4, -0.2) is 33.0 Å². The summed E-state index contributed by atoms with van der Waals surface area (Å²) in [7, 11) is 3.24. The maximum absolute atomic E-state index is 12.6. The van der Waals surface area contributed by atoms with Gasteiger partial charge in [-0.25, -0.2) is 0 Å². The van der Waals surface area contributed by atoms with E-state index in [-0.39, 0.29) is 29.4 Å². The highest BCUT2D eigenvalue weighted by molar-refractivity contribution is 8.00. The first-order chi connectivity index (χ1) is 16.1. The predicted octanol–water partition coefficient (Wildman–Crippen LogP) is 5.61. The van der Waals surface area contributed by atoms with Crippen LogP contribution in [0.5, 0.6) is 11.5 Å². The second-order valence-corrected chi connectivity index (χ2v) is 9.33. The summed E-state index contributed by atoms with van der Waals surface area (Å²) in [6, 6.07) is 19.8. The largest absolute Gasteiger partial charge is 0.493 e. The Morgan fingerprint density at radius 2 is 1.76 bits per heavy atom. The monoisotopic (exact) mass is 481 g/mol. The fourth-order valence-corrected chi connectivity index (χ4v) is 6.03. The number of ether oxygens (including phenoxy) is 2. The number of nitrogens with one attached hydrogen (secondary N) is 1. The topological polar surface area (TPSA) is 64.6 Å². The Balaban J connectivity index is 1.90. The molecule has 2 unspecified atom stereocenters. The van der Waals surface area contributed by atoms with E-state index in [4.69, 9.17) is 21.1 Å². The van der Waals surface area contributed by atoms with E-state index < -0.39 is 0 Å². The Kier molecular flexibility index (Phi) is 7.26. The third-order valence-electron chi connectivity index (χ3n) is 5.66. The molecule has 3 aromatic rings. The Morgan fingerprint density at radius 3 is 2.52 bits per heavy atom. The molecule has 2 atom stereocenters. The normalized spacial score (nSPS) is 16.7. The molecule has 0 saturated carbocycles. The average molecular weight is 482 g/mol. The summed E-state index contributed by atoms with van der Waals surface area (Å²) < 4.78 is 11.3. The molecule has 0 saturated heterocycles. The highest BCUT2D eigenvalue weighted by Crippen LogP contribution is 2.56. The summed E-state index contributed by atoms with van der Waals surface area (Å²) in [5, 5.41) is 2.99. The lowest BCUT2D eigenvalue weighted by atomic mass is 9.90. The molecule has 4 rings (SSSR count). The molecule has 3 aromatic carbocycles. The van der Waals surface area contributed by atoms with E-state index in [1.165, 1.54) is 0 Å². The number of fused-ring (bicyclic) bond motifs is 3. The standard InChI is InChI=1S/C26H24ClNO4S/c1-31-22-9-5-8-20(25(22)32-2)26-21-14-16(27)10-11-18(21)17-6-3-4-7-19(17)23(33-26)15-24(30)28-12-13-29/h3-11,13-14,23,26H,12,15H2,1-2H3,(H,28,30). The van der Waals surface area contributed by atoms with Gasteiger partial charge in [0.25, 0.3) is 0 Å². The van der Waals surface area contributed by atoms with Crippen molar-refractivity contribution in [2.24, 2.45) is 0 Å². The summed E-state index contributed by atoms with van der Waals surface area (Å²) in [6.45, 7) is 0.000829. The van der Waals surface area contributed by atoms with Gasteiger partial charge in [-0.05, 0) is 40.5 Å². The first-order valence-corrected chi connectivity index (χ1v) is 11.8. The highest BCUT2D eigenvalue weighted by atomic mass is 35.5. The minimum atomic E-state index is -0.172. The molecular formula is C26H24ClNO4S. The number of hydrogen-bond donors (Lipinski definition) is 1. The molecule has 1 heterocycles. The third kappa shape index (κ3) is 4.72. The Hall–Kier alpha value is -2.96. The van der Waals surface area contributed by atoms with E-state index in [0.717, 1.165) is 27.8 Å². The number of carbonyl (C=O) groups excluding carboxylic acids is 2. The third-order valence-corrected chi connectivity index (χ3v) is 7.43. The van der Waals surface area contributed by atoms with Gasteiger partial charge in [-0.3, -0.25) is 4.79 Å². The minimum absolute atomic E-state index is 0.000829. The van der Waals surface area contributed by atoms with E-state index in [2.05, 4.69) is 17.4 Å². The fraction of sp³-hybridized carbons (Fsp3) is 0.231. The number of amides is 1. The number of hydrogen-bond acceptors (Lipinski definition) is 5. The quantitative estimate of drug-likeness (QED) is 0.444. The van der Waals surface area contributed by atoms with E-state index in [9.17, 15) is 9.59 Å². The molecule has 170 valence electrons. The van der Waals surface area contributed by atoms with Gasteiger partial charge in [-0.1, -0.05) is 54.1 Å². The number of methoxy groups -OCH3 is 2. The van der Waals surface area contributed by atoms with Crippen molar-refractivity contribution in [2.75, 3.05) is 20.8 Å². The molecule has 33 heavy (non-hydrogen) atoms. The van der Waals surface area contributed by atoms with Crippen LogP contribution in [0.1, 0.15) is 33.6 Å². The second kappa shape index (κ2) is 10.3. The molecule has 5 nitrogen and oxygen atoms in total. The van der Waals surface area contributed by atoms with Crippen molar-refractivity contribution in [1.29, 1.82) is 0 Å². The van der Waals surface area contributed by atoms with Crippen LogP contribution in [0.3, 0.4) is 0 Å². The summed E-state index contributed by atoms with van der Waals surface area (Å²) in [5.41, 5.74) is 5.18. The lowest BCUT2D eigenvalue weighted by Gasteiger charge is -2.24. The van der Waals surface area contributed by atoms with Gasteiger partial charge in [-0.2, -0.15) is 0 Å². The van der Waals surface area contributed by atoms with Crippen molar-refractivity contribution in [2.45, 2.75) is 16.9 Å². The second-order valence-electron chi connectivity index (χ2n) is 7.58. The van der Waals surface area contributed by atoms with Gasteiger partial charge in [0, 0.05) is 22.3 Å². The fourth-order valence-electron chi connectivity index (χ4n) is 4.24. The van der Waals surface area contributed by atoms with Crippen molar-refractivity contribution in [3.8, 4) is 22.6 Å². The van der Waals surface area contributed by atoms with Crippen LogP contribution in [0.15, 0.2) is 60.7 Å². The Labute approximate surface area is 202 Å². The van der Waals surface area contributed by atoms with Crippen molar-refractivity contribution in [3.05, 3.63) is 82.4 Å². The van der Waals surface area contributed by atoms with Gasteiger partial charge in [0.1, 0.15) is 6.29 Å². The van der Waals surface area contributed by atoms with Crippen molar-refractivity contribution < 1.29 is 19.1 Å². The molecule has 1 N–H and O–H groups in total. The Bertz CT molecular complexity index is 1180. The number of para-hydroxylation sites is 1. The zero-order valence-electron chi connectivity index (χ0n) is 18.3. The van der Waals surface area contributed by atoms with Gasteiger partial charge < -0.3 is 19.6 Å². The van der Waals surface area contributed by atoms with Crippen LogP contribution in [-0.2, 0) is 9.59 Å². The molecule has 0 bridgehead atoms. The zero-order chi connectivity index (χ0) is 23.4. The lowest BCUT2D eigenvalue weighted by Crippen LogP contribution is -2.26. The number of halogens is 1. The molecule has 0 aliphatic carbocycles. The number of rotatable bonds is 7. The number of aldehydes is 1. The first kappa shape index (κ1) is 23.2. The van der Waals surface area contributed by atoms with Crippen molar-refractivity contribution >= 4 is 35.6 Å². The van der Waals surface area contributed by atoms with E-state index in [0.29, 0.717) is 22.8 Å². The number of thioether (sulfide) groups is 1. The smallest absolute Gasteiger partial charge is 0.221 e. The van der Waals surface area contributed by atoms with Crippen LogP contribution in [0.4, 0.5) is 0 Å². The molecule has 1 aliphatic heterocycles. The maximum atomic E-state index is 12.6. The van der Waals surface area contributed by atoms with Crippen LogP contribution < -0.4 is 14.8 Å². The van der Waals surface area contributed by atoms with E-state index in [1.807, 2.05) is 48.5 Å². The average Bonchev–Trinajstić information content (AvgIpc) is 2.97. The van der Waals surface area contributed by atoms with E-state index in [1.54, 1.807) is 26.0 Å². The van der Waals surface area contributed by atoms with Crippen molar-refractivity contribution in [3.63, 3.8) is 0 Å². The summed E-state index contributed by atoms with van der Waals surface area (Å²) in [6.07, 6.45) is 0.924. The maximum Gasteiger partial charge on any atom is 0.221 e. The van der Waals surface area contributed by atoms with Crippen molar-refractivity contribution in [1.82, 2.24) is 5.32 Å². The van der Waals surface area contributed by atoms with Gasteiger partial charge >= 0.3 is 0 Å². The van der Waals surface area contributed by atoms with Gasteiger partial charge in [0.15, 0.2) is 11.5 Å². The van der Waals surface area contributed by atoms with Gasteiger partial charge in [0.2, 0.25) is 5.91 Å². The summed E-state index contributed by atoms with van der Waals surface area (Å²) >= 11 is 8.12. The molecule has 0 spiro atoms. The van der Waals surface area contributed by atoms with Crippen LogP contribution in [0, 0.1) is 0 Å². The first-order valence-electron chi connectivity index (χ1n) is 10.5. The summed E-state index contributed by atoms with van der Waals surface area (Å²) in [5.74, 6) is 1.12. The molecule has 7 heteroatoms. The van der Waals surface area contributed by atoms with Gasteiger partial charge in [0.05, 0.1) is 26.0 Å². The lowest BCUT2D eigenvalue weighted by molar-refractivity contribution is -0.122. The van der Waals surface area contributed by atoms with E-state index >= 15 is 0 Å². The van der Waals surface area contributed by atoms with Gasteiger partial charge in [-0.15, -0.1) is 11.8 Å². The molecule has 0 radical (unpaired) electrons. The molecule has 0 fully saturated rings. The molecule has 1 amide bonds. The molecule has 0 aromatic heterocycles. The summed E-state index contributed by atoms with van der Waals surface area (Å²) in [4.78, 5) is 23.4. The van der Waals surface area contributed by atoms with Crippen LogP contribution >= 0.6 is 23.4 Å². The van der Waals surface area contributed by atoms with Crippen LogP contribution in [0.2, 0.25) is 5.02 Å². The predicted molar refractivity (Wildman–Crippen MR) is 132 cm³/mol. The molecular weight excluding hydrogens is 458 g/mol. The Morgan fingerprint density at radius 1 is 1.00 bits per heavy atom. The minimum Gasteiger partial charge on any atom is -0.493 e. The zero-order valence-corrected chi connectivity index (χ0v) is 19.9. The molecule has 1 aliphatic rings. The number of carbonyl (C=O) groups is 2. The SMILES string of the molecule is COc1cccc(C2SC(CC(=O)NCC=O)c3ccccc3-c3ccc(Cl)cc32)c1OC.